The molecule has 0 saturated carbocycles. The van der Waals surface area contributed by atoms with Gasteiger partial charge >= 0.3 is 0 Å². The van der Waals surface area contributed by atoms with Crippen molar-refractivity contribution in [3.63, 3.8) is 0 Å². The molecule has 7 heteroatoms. The lowest BCUT2D eigenvalue weighted by Crippen LogP contribution is -2.19. The van der Waals surface area contributed by atoms with Crippen molar-refractivity contribution in [1.29, 1.82) is 0 Å². The van der Waals surface area contributed by atoms with E-state index >= 15 is 0 Å². The second kappa shape index (κ2) is 6.10. The van der Waals surface area contributed by atoms with E-state index in [4.69, 9.17) is 0 Å². The zero-order chi connectivity index (χ0) is 13.0. The number of nitrogens with zero attached hydrogens (tertiary/aromatic N) is 2. The maximum absolute atomic E-state index is 13.4. The van der Waals surface area contributed by atoms with E-state index < -0.39 is 0 Å². The summed E-state index contributed by atoms with van der Waals surface area (Å²) in [7, 11) is 0. The smallest absolute Gasteiger partial charge is 0.236 e. The molecule has 18 heavy (non-hydrogen) atoms. The maximum atomic E-state index is 13.4. The molecule has 1 fully saturated rings. The van der Waals surface area contributed by atoms with E-state index in [2.05, 4.69) is 31.4 Å². The fourth-order valence-electron chi connectivity index (χ4n) is 1.30. The van der Waals surface area contributed by atoms with Crippen molar-refractivity contribution in [3.05, 3.63) is 35.1 Å². The fourth-order valence-corrected chi connectivity index (χ4v) is 2.28. The first kappa shape index (κ1) is 13.2. The zero-order valence-electron chi connectivity index (χ0n) is 9.19. The van der Waals surface area contributed by atoms with Crippen molar-refractivity contribution < 1.29 is 9.18 Å². The Labute approximate surface area is 116 Å². The molecule has 0 aliphatic carbocycles. The lowest BCUT2D eigenvalue weighted by atomic mass is 10.1. The van der Waals surface area contributed by atoms with Crippen LogP contribution in [-0.4, -0.2) is 23.0 Å². The van der Waals surface area contributed by atoms with Crippen molar-refractivity contribution in [2.75, 3.05) is 5.75 Å². The second-order valence-electron chi connectivity index (χ2n) is 3.48. The van der Waals surface area contributed by atoms with Gasteiger partial charge in [-0.05, 0) is 17.7 Å². The molecule has 1 heterocycles. The van der Waals surface area contributed by atoms with Gasteiger partial charge in [-0.3, -0.25) is 4.79 Å². The Hall–Kier alpha value is -1.21. The molecule has 1 saturated heterocycles. The standard InChI is InChI=1S/C11H9BrFN3OS/c12-4-7-1-2-9(13)8(3-7)5-14-16-11-15-10(17)6-18-11/h1-3,5H,4,6H2,(H,15,16,17). The van der Waals surface area contributed by atoms with Crippen molar-refractivity contribution in [1.82, 2.24) is 5.32 Å². The van der Waals surface area contributed by atoms with Gasteiger partial charge in [0.25, 0.3) is 0 Å². The Kier molecular flexibility index (Phi) is 4.48. The lowest BCUT2D eigenvalue weighted by Gasteiger charge is -1.99. The number of rotatable bonds is 3. The van der Waals surface area contributed by atoms with Crippen LogP contribution in [0, 0.1) is 5.82 Å². The first-order valence-electron chi connectivity index (χ1n) is 5.07. The van der Waals surface area contributed by atoms with Crippen LogP contribution in [-0.2, 0) is 10.1 Å². The van der Waals surface area contributed by atoms with Gasteiger partial charge in [-0.25, -0.2) is 4.39 Å². The topological polar surface area (TPSA) is 53.8 Å². The summed E-state index contributed by atoms with van der Waals surface area (Å²) in [4.78, 5) is 10.9. The van der Waals surface area contributed by atoms with Crippen molar-refractivity contribution in [2.24, 2.45) is 10.2 Å². The SMILES string of the molecule is O=C1CSC(=NN=Cc2cc(CBr)ccc2F)N1. The van der Waals surface area contributed by atoms with Gasteiger partial charge in [0.15, 0.2) is 5.17 Å². The monoisotopic (exact) mass is 329 g/mol. The predicted octanol–water partition coefficient (Wildman–Crippen LogP) is 2.27. The van der Waals surface area contributed by atoms with E-state index in [0.717, 1.165) is 5.56 Å². The first-order chi connectivity index (χ1) is 8.69. The average molecular weight is 330 g/mol. The van der Waals surface area contributed by atoms with E-state index in [1.54, 1.807) is 12.1 Å². The van der Waals surface area contributed by atoms with Gasteiger partial charge in [0, 0.05) is 10.9 Å². The minimum atomic E-state index is -0.355. The fraction of sp³-hybridized carbons (Fsp3) is 0.182. The Morgan fingerprint density at radius 3 is 3.06 bits per heavy atom. The summed E-state index contributed by atoms with van der Waals surface area (Å²) in [5.41, 5.74) is 1.32. The number of benzene rings is 1. The number of amides is 1. The van der Waals surface area contributed by atoms with E-state index in [0.29, 0.717) is 21.8 Å². The van der Waals surface area contributed by atoms with E-state index in [-0.39, 0.29) is 11.7 Å². The lowest BCUT2D eigenvalue weighted by molar-refractivity contribution is -0.116. The molecule has 0 spiro atoms. The molecule has 1 amide bonds. The molecule has 1 N–H and O–H groups in total. The van der Waals surface area contributed by atoms with Crippen molar-refractivity contribution >= 4 is 45.0 Å². The number of nitrogens with one attached hydrogen (secondary N) is 1. The molecule has 1 aromatic carbocycles. The summed E-state index contributed by atoms with van der Waals surface area (Å²) in [6.07, 6.45) is 1.33. The molecule has 1 aliphatic heterocycles. The van der Waals surface area contributed by atoms with Gasteiger partial charge in [0.2, 0.25) is 5.91 Å². The molecule has 4 nitrogen and oxygen atoms in total. The third-order valence-electron chi connectivity index (χ3n) is 2.15. The van der Waals surface area contributed by atoms with E-state index in [1.165, 1.54) is 24.0 Å². The largest absolute Gasteiger partial charge is 0.303 e. The summed E-state index contributed by atoms with van der Waals surface area (Å²) in [5.74, 6) is -0.102. The maximum Gasteiger partial charge on any atom is 0.236 e. The number of carbonyl (C=O) groups excluding carboxylic acids is 1. The highest BCUT2D eigenvalue weighted by molar-refractivity contribution is 9.08. The number of hydrogen-bond donors (Lipinski definition) is 1. The molecule has 1 aliphatic rings. The molecule has 1 aromatic rings. The number of alkyl halides is 1. The van der Waals surface area contributed by atoms with Crippen LogP contribution in [0.4, 0.5) is 4.39 Å². The number of carbonyl (C=O) groups is 1. The summed E-state index contributed by atoms with van der Waals surface area (Å²) < 4.78 is 13.4. The summed E-state index contributed by atoms with van der Waals surface area (Å²) in [6, 6.07) is 4.77. The van der Waals surface area contributed by atoms with Gasteiger partial charge in [-0.2, -0.15) is 5.10 Å². The van der Waals surface area contributed by atoms with Gasteiger partial charge in [-0.1, -0.05) is 33.8 Å². The average Bonchev–Trinajstić information content (AvgIpc) is 2.77. The van der Waals surface area contributed by atoms with E-state index in [1.807, 2.05) is 0 Å². The van der Waals surface area contributed by atoms with Gasteiger partial charge in [0.1, 0.15) is 5.82 Å². The first-order valence-corrected chi connectivity index (χ1v) is 7.18. The predicted molar refractivity (Wildman–Crippen MR) is 74.7 cm³/mol. The van der Waals surface area contributed by atoms with Crippen LogP contribution in [0.15, 0.2) is 28.4 Å². The van der Waals surface area contributed by atoms with Crippen LogP contribution in [0.5, 0.6) is 0 Å². The van der Waals surface area contributed by atoms with Crippen LogP contribution in [0.25, 0.3) is 0 Å². The second-order valence-corrected chi connectivity index (χ2v) is 5.00. The summed E-state index contributed by atoms with van der Waals surface area (Å²) in [5, 5.41) is 11.2. The molecule has 0 radical (unpaired) electrons. The normalized spacial score (nSPS) is 17.7. The number of hydrogen-bond acceptors (Lipinski definition) is 4. The third kappa shape index (κ3) is 3.39. The Morgan fingerprint density at radius 1 is 1.56 bits per heavy atom. The Balaban J connectivity index is 2.11. The van der Waals surface area contributed by atoms with Crippen molar-refractivity contribution in [2.45, 2.75) is 5.33 Å². The summed E-state index contributed by atoms with van der Waals surface area (Å²) in [6.45, 7) is 0. The van der Waals surface area contributed by atoms with Gasteiger partial charge < -0.3 is 5.32 Å². The van der Waals surface area contributed by atoms with Crippen molar-refractivity contribution in [3.8, 4) is 0 Å². The highest BCUT2D eigenvalue weighted by Crippen LogP contribution is 2.12. The minimum Gasteiger partial charge on any atom is -0.303 e. The van der Waals surface area contributed by atoms with Crippen LogP contribution in [0.2, 0.25) is 0 Å². The van der Waals surface area contributed by atoms with Crippen LogP contribution in [0.3, 0.4) is 0 Å². The number of thioether (sulfide) groups is 1. The number of halogens is 2. The quantitative estimate of drug-likeness (QED) is 0.525. The molecule has 94 valence electrons. The van der Waals surface area contributed by atoms with Crippen LogP contribution in [0.1, 0.15) is 11.1 Å². The molecule has 2 rings (SSSR count). The molecule has 0 bridgehead atoms. The molecule has 0 atom stereocenters. The highest BCUT2D eigenvalue weighted by atomic mass is 79.9. The van der Waals surface area contributed by atoms with Gasteiger partial charge in [-0.15, -0.1) is 5.10 Å². The molecular formula is C11H9BrFN3OS. The zero-order valence-corrected chi connectivity index (χ0v) is 11.6. The third-order valence-corrected chi connectivity index (χ3v) is 3.66. The van der Waals surface area contributed by atoms with Crippen LogP contribution >= 0.6 is 27.7 Å². The van der Waals surface area contributed by atoms with Gasteiger partial charge in [0.05, 0.1) is 12.0 Å². The highest BCUT2D eigenvalue weighted by Gasteiger charge is 2.15. The molecule has 0 unspecified atom stereocenters. The Bertz CT molecular complexity index is 533. The molecular weight excluding hydrogens is 321 g/mol. The minimum absolute atomic E-state index is 0.0959. The number of amidine groups is 1. The van der Waals surface area contributed by atoms with E-state index in [9.17, 15) is 9.18 Å². The summed E-state index contributed by atoms with van der Waals surface area (Å²) >= 11 is 4.57. The van der Waals surface area contributed by atoms with Crippen LogP contribution < -0.4 is 5.32 Å². The Morgan fingerprint density at radius 2 is 2.39 bits per heavy atom. The molecule has 0 aromatic heterocycles.